The first-order valence-electron chi connectivity index (χ1n) is 9.89. The Morgan fingerprint density at radius 2 is 1.78 bits per heavy atom. The van der Waals surface area contributed by atoms with Crippen molar-refractivity contribution in [1.29, 1.82) is 0 Å². The zero-order chi connectivity index (χ0) is 23.3. The van der Waals surface area contributed by atoms with Crippen molar-refractivity contribution in [1.82, 2.24) is 9.80 Å². The van der Waals surface area contributed by atoms with Gasteiger partial charge in [0.2, 0.25) is 0 Å². The van der Waals surface area contributed by atoms with Crippen molar-refractivity contribution >= 4 is 23.5 Å². The molecule has 1 amide bonds. The van der Waals surface area contributed by atoms with Crippen LogP contribution in [0, 0.1) is 11.6 Å². The number of alkyl halides is 3. The smallest absolute Gasteiger partial charge is 0.404 e. The second-order valence-corrected chi connectivity index (χ2v) is 8.18. The Balaban J connectivity index is 1.64. The number of nitrogens with zero attached hydrogens (tertiary/aromatic N) is 2. The molecule has 3 rings (SSSR count). The summed E-state index contributed by atoms with van der Waals surface area (Å²) in [5.74, 6) is -2.07. The Morgan fingerprint density at radius 1 is 1.06 bits per heavy atom. The van der Waals surface area contributed by atoms with Crippen LogP contribution in [0.1, 0.15) is 22.8 Å². The molecule has 2 aromatic rings. The number of ether oxygens (including phenoxy) is 1. The third-order valence-electron chi connectivity index (χ3n) is 4.83. The van der Waals surface area contributed by atoms with Crippen LogP contribution in [0.3, 0.4) is 0 Å². The predicted octanol–water partition coefficient (Wildman–Crippen LogP) is 4.90. The maximum atomic E-state index is 13.4. The van der Waals surface area contributed by atoms with Crippen molar-refractivity contribution in [2.75, 3.05) is 36.7 Å². The Morgan fingerprint density at radius 3 is 2.41 bits per heavy atom. The minimum Gasteiger partial charge on any atom is -0.404 e. The standard InChI is InChI=1S/C21H22F5N3O2S/c1-2-32-27-18-6-4-15(12-19(18)31-21(24,25)26)20(30)29-9-7-28(8-10-29)13-14-3-5-16(22)17(23)11-14/h3-6,11-12,27H,2,7-10,13H2,1H3. The van der Waals surface area contributed by atoms with E-state index in [1.807, 2.05) is 11.8 Å². The lowest BCUT2D eigenvalue weighted by atomic mass is 10.1. The first-order chi connectivity index (χ1) is 15.2. The van der Waals surface area contributed by atoms with Gasteiger partial charge in [0.05, 0.1) is 5.69 Å². The molecule has 0 bridgehead atoms. The number of hydrogen-bond acceptors (Lipinski definition) is 5. The largest absolute Gasteiger partial charge is 0.573 e. The molecule has 174 valence electrons. The molecule has 0 unspecified atom stereocenters. The van der Waals surface area contributed by atoms with Gasteiger partial charge in [-0.15, -0.1) is 13.2 Å². The van der Waals surface area contributed by atoms with Gasteiger partial charge in [-0.25, -0.2) is 8.78 Å². The molecule has 0 saturated carbocycles. The van der Waals surface area contributed by atoms with Gasteiger partial charge in [0.15, 0.2) is 17.4 Å². The minimum atomic E-state index is -4.89. The van der Waals surface area contributed by atoms with Crippen LogP contribution >= 0.6 is 11.9 Å². The number of amides is 1. The number of rotatable bonds is 7. The van der Waals surface area contributed by atoms with E-state index in [2.05, 4.69) is 9.46 Å². The van der Waals surface area contributed by atoms with E-state index in [0.29, 0.717) is 44.0 Å². The minimum absolute atomic E-state index is 0.0883. The summed E-state index contributed by atoms with van der Waals surface area (Å²) in [5, 5.41) is 0. The molecule has 1 aliphatic heterocycles. The van der Waals surface area contributed by atoms with Gasteiger partial charge in [0.25, 0.3) is 5.91 Å². The van der Waals surface area contributed by atoms with Crippen molar-refractivity contribution in [3.05, 3.63) is 59.2 Å². The second kappa shape index (κ2) is 10.4. The Bertz CT molecular complexity index is 950. The first kappa shape index (κ1) is 24.1. The summed E-state index contributed by atoms with van der Waals surface area (Å²) in [6.07, 6.45) is -4.89. The van der Waals surface area contributed by atoms with E-state index in [1.165, 1.54) is 30.1 Å². The lowest BCUT2D eigenvalue weighted by molar-refractivity contribution is -0.274. The normalized spacial score (nSPS) is 15.0. The van der Waals surface area contributed by atoms with Crippen LogP contribution in [0.25, 0.3) is 0 Å². The number of anilines is 1. The van der Waals surface area contributed by atoms with E-state index in [0.717, 1.165) is 18.2 Å². The van der Waals surface area contributed by atoms with Gasteiger partial charge in [-0.2, -0.15) is 0 Å². The molecule has 32 heavy (non-hydrogen) atoms. The van der Waals surface area contributed by atoms with Gasteiger partial charge in [-0.1, -0.05) is 24.9 Å². The molecule has 1 fully saturated rings. The molecule has 5 nitrogen and oxygen atoms in total. The number of benzene rings is 2. The molecule has 0 spiro atoms. The van der Waals surface area contributed by atoms with E-state index in [-0.39, 0.29) is 11.3 Å². The number of halogens is 5. The highest BCUT2D eigenvalue weighted by molar-refractivity contribution is 8.00. The quantitative estimate of drug-likeness (QED) is 0.456. The molecule has 1 heterocycles. The maximum Gasteiger partial charge on any atom is 0.573 e. The monoisotopic (exact) mass is 475 g/mol. The maximum absolute atomic E-state index is 13.4. The van der Waals surface area contributed by atoms with E-state index < -0.39 is 29.7 Å². The average molecular weight is 475 g/mol. The highest BCUT2D eigenvalue weighted by Crippen LogP contribution is 2.33. The average Bonchev–Trinajstić information content (AvgIpc) is 2.74. The van der Waals surface area contributed by atoms with E-state index in [9.17, 15) is 26.7 Å². The van der Waals surface area contributed by atoms with E-state index in [4.69, 9.17) is 0 Å². The summed E-state index contributed by atoms with van der Waals surface area (Å²) in [6.45, 7) is 3.92. The first-order valence-corrected chi connectivity index (χ1v) is 10.9. The molecule has 0 aromatic heterocycles. The predicted molar refractivity (Wildman–Crippen MR) is 112 cm³/mol. The van der Waals surface area contributed by atoms with Crippen molar-refractivity contribution in [2.45, 2.75) is 19.8 Å². The summed E-state index contributed by atoms with van der Waals surface area (Å²) in [5.41, 5.74) is 0.832. The lowest BCUT2D eigenvalue weighted by Gasteiger charge is -2.35. The fourth-order valence-corrected chi connectivity index (χ4v) is 3.76. The van der Waals surface area contributed by atoms with Gasteiger partial charge >= 0.3 is 6.36 Å². The molecule has 1 aliphatic rings. The van der Waals surface area contributed by atoms with Crippen LogP contribution < -0.4 is 9.46 Å². The van der Waals surface area contributed by atoms with Crippen LogP contribution in [-0.4, -0.2) is 54.0 Å². The summed E-state index contributed by atoms with van der Waals surface area (Å²) in [7, 11) is 0. The second-order valence-electron chi connectivity index (χ2n) is 7.11. The fraction of sp³-hybridized carbons (Fsp3) is 0.381. The molecular weight excluding hydrogens is 453 g/mol. The van der Waals surface area contributed by atoms with E-state index >= 15 is 0 Å². The molecule has 1 N–H and O–H groups in total. The summed E-state index contributed by atoms with van der Waals surface area (Å²) >= 11 is 1.20. The molecular formula is C21H22F5N3O2S. The topological polar surface area (TPSA) is 44.8 Å². The molecule has 2 aromatic carbocycles. The number of hydrogen-bond donors (Lipinski definition) is 1. The van der Waals surface area contributed by atoms with Gasteiger partial charge in [-0.05, 0) is 35.9 Å². The Hall–Kier alpha value is -2.53. The third-order valence-corrected chi connectivity index (χ3v) is 5.48. The number of carbonyl (C=O) groups is 1. The van der Waals surface area contributed by atoms with Crippen molar-refractivity contribution < 1.29 is 31.5 Å². The Labute approximate surface area is 186 Å². The van der Waals surface area contributed by atoms with Gasteiger partial charge in [-0.3, -0.25) is 9.69 Å². The molecule has 11 heteroatoms. The molecule has 0 aliphatic carbocycles. The van der Waals surface area contributed by atoms with Crippen LogP contribution in [-0.2, 0) is 6.54 Å². The molecule has 1 saturated heterocycles. The summed E-state index contributed by atoms with van der Waals surface area (Å²) in [6, 6.07) is 7.64. The zero-order valence-electron chi connectivity index (χ0n) is 17.2. The lowest BCUT2D eigenvalue weighted by Crippen LogP contribution is -2.48. The van der Waals surface area contributed by atoms with Gasteiger partial charge in [0, 0.05) is 44.0 Å². The third kappa shape index (κ3) is 6.49. The number of nitrogens with one attached hydrogen (secondary N) is 1. The van der Waals surface area contributed by atoms with Crippen molar-refractivity contribution in [3.8, 4) is 5.75 Å². The fourth-order valence-electron chi connectivity index (χ4n) is 3.29. The van der Waals surface area contributed by atoms with Crippen molar-refractivity contribution in [3.63, 3.8) is 0 Å². The molecule has 0 atom stereocenters. The van der Waals surface area contributed by atoms with Gasteiger partial charge in [0.1, 0.15) is 0 Å². The SMILES string of the molecule is CCSNc1ccc(C(=O)N2CCN(Cc3ccc(F)c(F)c3)CC2)cc1OC(F)(F)F. The van der Waals surface area contributed by atoms with Crippen LogP contribution in [0.15, 0.2) is 36.4 Å². The summed E-state index contributed by atoms with van der Waals surface area (Å²) < 4.78 is 71.7. The highest BCUT2D eigenvalue weighted by atomic mass is 32.2. The molecule has 0 radical (unpaired) electrons. The number of carbonyl (C=O) groups excluding carboxylic acids is 1. The number of piperazine rings is 1. The van der Waals surface area contributed by atoms with Gasteiger partial charge < -0.3 is 14.4 Å². The zero-order valence-corrected chi connectivity index (χ0v) is 18.0. The van der Waals surface area contributed by atoms with E-state index in [1.54, 1.807) is 4.90 Å². The van der Waals surface area contributed by atoms with Crippen LogP contribution in [0.4, 0.5) is 27.6 Å². The summed E-state index contributed by atoms with van der Waals surface area (Å²) in [4.78, 5) is 16.4. The van der Waals surface area contributed by atoms with Crippen LogP contribution in [0.2, 0.25) is 0 Å². The Kier molecular flexibility index (Phi) is 7.83. The highest BCUT2D eigenvalue weighted by Gasteiger charge is 2.33. The van der Waals surface area contributed by atoms with Crippen molar-refractivity contribution in [2.24, 2.45) is 0 Å². The van der Waals surface area contributed by atoms with Crippen LogP contribution in [0.5, 0.6) is 5.75 Å².